The molecule has 1 aromatic carbocycles. The molecule has 7 heteroatoms. The molecule has 2 heterocycles. The van der Waals surface area contributed by atoms with Crippen LogP contribution in [-0.4, -0.2) is 13.6 Å². The molecule has 6 nitrogen and oxygen atoms in total. The number of anilines is 1. The number of benzene rings is 1. The maximum Gasteiger partial charge on any atom is 0.295 e. The van der Waals surface area contributed by atoms with Crippen LogP contribution in [-0.2, 0) is 10.0 Å². The molecule has 3 aromatic rings. The number of nitrogens with zero attached hydrogens (tertiary/aromatic N) is 1. The number of aromatic nitrogens is 1. The van der Waals surface area contributed by atoms with Crippen LogP contribution in [0.2, 0.25) is 0 Å². The molecule has 0 radical (unpaired) electrons. The fourth-order valence-electron chi connectivity index (χ4n) is 2.76. The Hall–Kier alpha value is -2.54. The number of aryl methyl sites for hydroxylation is 4. The standard InChI is InChI=1S/C18H20N2O4S/c1-10-8-11(2)17(12(3)9-10)20-25(21,22)16-7-6-15(23-16)18-13(4)14(5)19-24-18/h6-9,20H,1-5H3. The van der Waals surface area contributed by atoms with Crippen LogP contribution in [0.15, 0.2) is 38.3 Å². The Kier molecular flexibility index (Phi) is 4.20. The molecule has 0 atom stereocenters. The van der Waals surface area contributed by atoms with Gasteiger partial charge in [0.2, 0.25) is 10.9 Å². The van der Waals surface area contributed by atoms with Gasteiger partial charge in [-0.15, -0.1) is 0 Å². The van der Waals surface area contributed by atoms with Gasteiger partial charge in [-0.2, -0.15) is 8.42 Å². The predicted octanol–water partition coefficient (Wildman–Crippen LogP) is 4.28. The van der Waals surface area contributed by atoms with Gasteiger partial charge in [-0.1, -0.05) is 22.9 Å². The molecule has 132 valence electrons. The summed E-state index contributed by atoms with van der Waals surface area (Å²) in [5, 5.41) is 3.69. The van der Waals surface area contributed by atoms with E-state index in [2.05, 4.69) is 9.88 Å². The molecule has 1 N–H and O–H groups in total. The molecule has 0 saturated carbocycles. The van der Waals surface area contributed by atoms with E-state index in [0.717, 1.165) is 27.9 Å². The molecule has 0 aliphatic carbocycles. The van der Waals surface area contributed by atoms with Crippen molar-refractivity contribution >= 4 is 15.7 Å². The maximum absolute atomic E-state index is 12.7. The minimum Gasteiger partial charge on any atom is -0.439 e. The number of rotatable bonds is 4. The lowest BCUT2D eigenvalue weighted by Crippen LogP contribution is -2.14. The normalized spacial score (nSPS) is 11.7. The monoisotopic (exact) mass is 360 g/mol. The Balaban J connectivity index is 1.96. The van der Waals surface area contributed by atoms with Gasteiger partial charge in [0.25, 0.3) is 10.0 Å². The van der Waals surface area contributed by atoms with E-state index in [-0.39, 0.29) is 5.09 Å². The molecule has 0 spiro atoms. The van der Waals surface area contributed by atoms with Crippen molar-refractivity contribution in [2.24, 2.45) is 0 Å². The van der Waals surface area contributed by atoms with Gasteiger partial charge in [-0.05, 0) is 57.9 Å². The van der Waals surface area contributed by atoms with Crippen molar-refractivity contribution < 1.29 is 17.4 Å². The summed E-state index contributed by atoms with van der Waals surface area (Å²) >= 11 is 0. The largest absolute Gasteiger partial charge is 0.439 e. The van der Waals surface area contributed by atoms with E-state index in [1.165, 1.54) is 6.07 Å². The molecular formula is C18H20N2O4S. The highest BCUT2D eigenvalue weighted by molar-refractivity contribution is 7.92. The Morgan fingerprint density at radius 3 is 2.20 bits per heavy atom. The quantitative estimate of drug-likeness (QED) is 0.750. The summed E-state index contributed by atoms with van der Waals surface area (Å²) in [5.41, 5.74) is 4.91. The highest BCUT2D eigenvalue weighted by Gasteiger charge is 2.23. The Morgan fingerprint density at radius 1 is 1.00 bits per heavy atom. The molecule has 3 rings (SSSR count). The van der Waals surface area contributed by atoms with Crippen molar-refractivity contribution in [2.75, 3.05) is 4.72 Å². The number of nitrogens with one attached hydrogen (secondary N) is 1. The van der Waals surface area contributed by atoms with Gasteiger partial charge in [0.15, 0.2) is 5.76 Å². The minimum absolute atomic E-state index is 0.171. The second kappa shape index (κ2) is 6.07. The first kappa shape index (κ1) is 17.3. The summed E-state index contributed by atoms with van der Waals surface area (Å²) in [6.45, 7) is 9.36. The maximum atomic E-state index is 12.7. The molecule has 0 aliphatic heterocycles. The highest BCUT2D eigenvalue weighted by atomic mass is 32.2. The van der Waals surface area contributed by atoms with Crippen LogP contribution in [0.5, 0.6) is 0 Å². The molecule has 2 aromatic heterocycles. The smallest absolute Gasteiger partial charge is 0.295 e. The number of sulfonamides is 1. The van der Waals surface area contributed by atoms with Gasteiger partial charge in [0.05, 0.1) is 11.4 Å². The average Bonchev–Trinajstić information content (AvgIpc) is 3.12. The van der Waals surface area contributed by atoms with E-state index < -0.39 is 10.0 Å². The topological polar surface area (TPSA) is 85.3 Å². The summed E-state index contributed by atoms with van der Waals surface area (Å²) in [7, 11) is -3.84. The van der Waals surface area contributed by atoms with Crippen LogP contribution >= 0.6 is 0 Å². The van der Waals surface area contributed by atoms with Crippen molar-refractivity contribution in [1.29, 1.82) is 0 Å². The summed E-state index contributed by atoms with van der Waals surface area (Å²) in [5.74, 6) is 0.762. The zero-order chi connectivity index (χ0) is 18.4. The SMILES string of the molecule is Cc1cc(C)c(NS(=O)(=O)c2ccc(-c3onc(C)c3C)o2)c(C)c1. The van der Waals surface area contributed by atoms with E-state index in [1.807, 2.05) is 46.8 Å². The van der Waals surface area contributed by atoms with Crippen LogP contribution in [0, 0.1) is 34.6 Å². The van der Waals surface area contributed by atoms with Crippen molar-refractivity contribution in [3.8, 4) is 11.5 Å². The summed E-state index contributed by atoms with van der Waals surface area (Å²) in [6, 6.07) is 6.84. The lowest BCUT2D eigenvalue weighted by molar-refractivity contribution is 0.398. The van der Waals surface area contributed by atoms with E-state index in [4.69, 9.17) is 8.94 Å². The molecule has 0 fully saturated rings. The fraction of sp³-hybridized carbons (Fsp3) is 0.278. The van der Waals surface area contributed by atoms with Crippen molar-refractivity contribution in [3.63, 3.8) is 0 Å². The minimum atomic E-state index is -3.84. The third-order valence-corrected chi connectivity index (χ3v) is 5.36. The van der Waals surface area contributed by atoms with E-state index >= 15 is 0 Å². The van der Waals surface area contributed by atoms with E-state index in [0.29, 0.717) is 17.2 Å². The molecule has 0 aliphatic rings. The van der Waals surface area contributed by atoms with Crippen LogP contribution in [0.25, 0.3) is 11.5 Å². The Labute approximate surface area is 146 Å². The summed E-state index contributed by atoms with van der Waals surface area (Å²) in [6.07, 6.45) is 0. The predicted molar refractivity (Wildman–Crippen MR) is 95.1 cm³/mol. The fourth-order valence-corrected chi connectivity index (χ4v) is 3.90. The van der Waals surface area contributed by atoms with Crippen molar-refractivity contribution in [2.45, 2.75) is 39.7 Å². The van der Waals surface area contributed by atoms with Crippen LogP contribution in [0.1, 0.15) is 27.9 Å². The molecule has 0 amide bonds. The van der Waals surface area contributed by atoms with Gasteiger partial charge >= 0.3 is 0 Å². The molecule has 0 saturated heterocycles. The summed E-state index contributed by atoms with van der Waals surface area (Å²) in [4.78, 5) is 0. The zero-order valence-electron chi connectivity index (χ0n) is 14.8. The first-order chi connectivity index (χ1) is 11.7. The van der Waals surface area contributed by atoms with E-state index in [9.17, 15) is 8.42 Å². The van der Waals surface area contributed by atoms with Gasteiger partial charge in [0.1, 0.15) is 0 Å². The zero-order valence-corrected chi connectivity index (χ0v) is 15.6. The first-order valence-electron chi connectivity index (χ1n) is 7.83. The van der Waals surface area contributed by atoms with Crippen molar-refractivity contribution in [1.82, 2.24) is 5.16 Å². The van der Waals surface area contributed by atoms with Gasteiger partial charge < -0.3 is 8.94 Å². The Bertz CT molecular complexity index is 1020. The number of hydrogen-bond acceptors (Lipinski definition) is 5. The average molecular weight is 360 g/mol. The highest BCUT2D eigenvalue weighted by Crippen LogP contribution is 2.30. The lowest BCUT2D eigenvalue weighted by Gasteiger charge is -2.13. The number of hydrogen-bond donors (Lipinski definition) is 1. The van der Waals surface area contributed by atoms with Crippen molar-refractivity contribution in [3.05, 3.63) is 52.2 Å². The molecule has 0 unspecified atom stereocenters. The Morgan fingerprint density at radius 2 is 1.64 bits per heavy atom. The first-order valence-corrected chi connectivity index (χ1v) is 9.31. The molecular weight excluding hydrogens is 340 g/mol. The molecule has 0 bridgehead atoms. The second-order valence-electron chi connectivity index (χ2n) is 6.22. The third-order valence-electron chi connectivity index (χ3n) is 4.14. The third kappa shape index (κ3) is 3.19. The summed E-state index contributed by atoms with van der Waals surface area (Å²) < 4.78 is 38.7. The van der Waals surface area contributed by atoms with Crippen LogP contribution < -0.4 is 4.72 Å². The lowest BCUT2D eigenvalue weighted by atomic mass is 10.1. The van der Waals surface area contributed by atoms with Gasteiger partial charge in [0, 0.05) is 5.56 Å². The number of furan rings is 1. The van der Waals surface area contributed by atoms with Crippen LogP contribution in [0.3, 0.4) is 0 Å². The van der Waals surface area contributed by atoms with Crippen LogP contribution in [0.4, 0.5) is 5.69 Å². The second-order valence-corrected chi connectivity index (χ2v) is 7.83. The van der Waals surface area contributed by atoms with Gasteiger partial charge in [-0.3, -0.25) is 4.72 Å². The van der Waals surface area contributed by atoms with Gasteiger partial charge in [-0.25, -0.2) is 0 Å². The van der Waals surface area contributed by atoms with E-state index in [1.54, 1.807) is 6.07 Å². The molecule has 25 heavy (non-hydrogen) atoms.